The fourth-order valence-electron chi connectivity index (χ4n) is 2.28. The molecule has 2 rings (SSSR count). The highest BCUT2D eigenvalue weighted by molar-refractivity contribution is 7.99. The first-order valence-electron chi connectivity index (χ1n) is 7.91. The van der Waals surface area contributed by atoms with E-state index in [4.69, 9.17) is 0 Å². The number of benzene rings is 1. The quantitative estimate of drug-likeness (QED) is 0.480. The first kappa shape index (κ1) is 21.1. The van der Waals surface area contributed by atoms with Crippen LogP contribution < -0.4 is 4.90 Å². The molecule has 2 aromatic rings. The molecule has 0 saturated heterocycles. The van der Waals surface area contributed by atoms with Crippen LogP contribution in [0.4, 0.5) is 27.8 Å². The van der Waals surface area contributed by atoms with E-state index in [1.165, 1.54) is 13.1 Å². The van der Waals surface area contributed by atoms with E-state index in [9.17, 15) is 26.7 Å². The number of aromatic nitrogens is 1. The number of hydrogen-bond acceptors (Lipinski definition) is 3. The van der Waals surface area contributed by atoms with Crippen molar-refractivity contribution in [3.63, 3.8) is 0 Å². The summed E-state index contributed by atoms with van der Waals surface area (Å²) in [7, 11) is 1.38. The predicted molar refractivity (Wildman–Crippen MR) is 94.4 cm³/mol. The second-order valence-corrected chi connectivity index (χ2v) is 7.11. The minimum absolute atomic E-state index is 0.0871. The first-order chi connectivity index (χ1) is 12.4. The lowest BCUT2D eigenvalue weighted by molar-refractivity contribution is -0.137. The smallest absolute Gasteiger partial charge is 0.296 e. The molecule has 9 heteroatoms. The molecule has 0 aliphatic heterocycles. The highest BCUT2D eigenvalue weighted by atomic mass is 32.2. The maximum Gasteiger partial charge on any atom is 0.416 e. The van der Waals surface area contributed by atoms with Gasteiger partial charge in [-0.15, -0.1) is 11.8 Å². The van der Waals surface area contributed by atoms with Crippen LogP contribution >= 0.6 is 11.8 Å². The molecule has 1 heterocycles. The second kappa shape index (κ2) is 7.84. The third-order valence-corrected chi connectivity index (χ3v) is 4.68. The Morgan fingerprint density at radius 1 is 1.11 bits per heavy atom. The first-order valence-corrected chi connectivity index (χ1v) is 8.90. The molecule has 0 bridgehead atoms. The van der Waals surface area contributed by atoms with Gasteiger partial charge < -0.3 is 0 Å². The van der Waals surface area contributed by atoms with Crippen LogP contribution in [0.25, 0.3) is 0 Å². The molecule has 1 aromatic heterocycles. The maximum absolute atomic E-state index is 13.3. The average Bonchev–Trinajstić information content (AvgIpc) is 2.59. The van der Waals surface area contributed by atoms with E-state index in [0.29, 0.717) is 5.75 Å². The number of nitrogens with zero attached hydrogens (tertiary/aromatic N) is 2. The maximum atomic E-state index is 13.3. The van der Waals surface area contributed by atoms with Crippen molar-refractivity contribution in [2.24, 2.45) is 0 Å². The van der Waals surface area contributed by atoms with Crippen molar-refractivity contribution in [1.29, 1.82) is 0 Å². The number of halogens is 5. The van der Waals surface area contributed by atoms with Crippen molar-refractivity contribution in [1.82, 2.24) is 4.98 Å². The second-order valence-electron chi connectivity index (χ2n) is 5.80. The van der Waals surface area contributed by atoms with Gasteiger partial charge in [-0.1, -0.05) is 6.92 Å². The molecule has 0 N–H and O–H groups in total. The average molecular weight is 404 g/mol. The number of hydrogen-bond donors (Lipinski definition) is 0. The predicted octanol–water partition coefficient (Wildman–Crippen LogP) is 5.60. The van der Waals surface area contributed by atoms with Crippen LogP contribution in [0.15, 0.2) is 41.4 Å². The van der Waals surface area contributed by atoms with E-state index in [1.54, 1.807) is 6.92 Å². The van der Waals surface area contributed by atoms with Gasteiger partial charge in [0.2, 0.25) is 0 Å². The van der Waals surface area contributed by atoms with Crippen LogP contribution in [0, 0.1) is 0 Å². The van der Waals surface area contributed by atoms with Crippen molar-refractivity contribution in [3.05, 3.63) is 53.2 Å². The Balaban J connectivity index is 2.35. The Hall–Kier alpha value is -2.16. The normalized spacial score (nSPS) is 12.1. The van der Waals surface area contributed by atoms with Crippen LogP contribution in [0.3, 0.4) is 0 Å². The summed E-state index contributed by atoms with van der Waals surface area (Å²) >= 11 is 1.11. The Labute approximate surface area is 157 Å². The Kier molecular flexibility index (Phi) is 6.14. The Bertz CT molecular complexity index is 816. The van der Waals surface area contributed by atoms with E-state index in [2.05, 4.69) is 4.98 Å². The summed E-state index contributed by atoms with van der Waals surface area (Å²) in [5, 5.41) is 0. The van der Waals surface area contributed by atoms with E-state index < -0.39 is 23.6 Å². The van der Waals surface area contributed by atoms with Gasteiger partial charge in [0.25, 0.3) is 11.8 Å². The van der Waals surface area contributed by atoms with Crippen LogP contribution in [0.2, 0.25) is 0 Å². The summed E-state index contributed by atoms with van der Waals surface area (Å²) in [6.45, 7) is 2.49. The number of amides is 1. The molecule has 0 saturated carbocycles. The SMILES string of the molecule is CCSc1cc(C(F)(F)F)ccc1C(=O)N(C)c1ccc(C(C)(F)F)cn1. The van der Waals surface area contributed by atoms with E-state index >= 15 is 0 Å². The molecular formula is C18H17F5N2OS. The molecule has 1 aromatic carbocycles. The number of carbonyl (C=O) groups is 1. The number of thioether (sulfide) groups is 1. The molecule has 27 heavy (non-hydrogen) atoms. The monoisotopic (exact) mass is 404 g/mol. The summed E-state index contributed by atoms with van der Waals surface area (Å²) in [6.07, 6.45) is -3.55. The van der Waals surface area contributed by atoms with Gasteiger partial charge in [-0.05, 0) is 36.1 Å². The Morgan fingerprint density at radius 2 is 1.74 bits per heavy atom. The van der Waals surface area contributed by atoms with E-state index in [1.807, 2.05) is 0 Å². The van der Waals surface area contributed by atoms with Crippen LogP contribution in [-0.2, 0) is 12.1 Å². The third kappa shape index (κ3) is 4.97. The van der Waals surface area contributed by atoms with Gasteiger partial charge in [0.1, 0.15) is 5.82 Å². The lowest BCUT2D eigenvalue weighted by Crippen LogP contribution is -2.28. The topological polar surface area (TPSA) is 33.2 Å². The van der Waals surface area contributed by atoms with E-state index in [0.717, 1.165) is 54.0 Å². The van der Waals surface area contributed by atoms with Gasteiger partial charge in [0.05, 0.1) is 11.1 Å². The van der Waals surface area contributed by atoms with Gasteiger partial charge in [0.15, 0.2) is 0 Å². The minimum Gasteiger partial charge on any atom is -0.296 e. The Morgan fingerprint density at radius 3 is 2.22 bits per heavy atom. The largest absolute Gasteiger partial charge is 0.416 e. The molecule has 1 amide bonds. The molecule has 0 radical (unpaired) electrons. The van der Waals surface area contributed by atoms with Crippen molar-refractivity contribution in [3.8, 4) is 0 Å². The number of anilines is 1. The highest BCUT2D eigenvalue weighted by Crippen LogP contribution is 2.34. The lowest BCUT2D eigenvalue weighted by atomic mass is 10.1. The zero-order valence-electron chi connectivity index (χ0n) is 14.8. The van der Waals surface area contributed by atoms with Gasteiger partial charge in [-0.2, -0.15) is 13.2 Å². The number of rotatable bonds is 5. The minimum atomic E-state index is -4.51. The van der Waals surface area contributed by atoms with Crippen molar-refractivity contribution < 1.29 is 26.7 Å². The molecule has 0 atom stereocenters. The van der Waals surface area contributed by atoms with Gasteiger partial charge >= 0.3 is 6.18 Å². The number of pyridine rings is 1. The van der Waals surface area contributed by atoms with Crippen molar-refractivity contribution in [2.75, 3.05) is 17.7 Å². The van der Waals surface area contributed by atoms with Crippen LogP contribution in [-0.4, -0.2) is 23.7 Å². The highest BCUT2D eigenvalue weighted by Gasteiger charge is 2.32. The molecule has 0 aliphatic carbocycles. The molecule has 0 spiro atoms. The fourth-order valence-corrected chi connectivity index (χ4v) is 3.11. The molecule has 146 valence electrons. The summed E-state index contributed by atoms with van der Waals surface area (Å²) in [4.78, 5) is 17.9. The van der Waals surface area contributed by atoms with Gasteiger partial charge in [-0.3, -0.25) is 9.69 Å². The molecular weight excluding hydrogens is 387 g/mol. The van der Waals surface area contributed by atoms with Gasteiger partial charge in [0, 0.05) is 30.6 Å². The van der Waals surface area contributed by atoms with Crippen molar-refractivity contribution >= 4 is 23.5 Å². The standard InChI is InChI=1S/C18H17F5N2OS/c1-4-27-14-9-11(18(21,22)23)5-7-13(14)16(26)25(3)15-8-6-12(10-24-15)17(2,19)20/h5-10H,4H2,1-3H3. The molecule has 3 nitrogen and oxygen atoms in total. The summed E-state index contributed by atoms with van der Waals surface area (Å²) in [5.74, 6) is -3.06. The molecule has 0 fully saturated rings. The fraction of sp³-hybridized carbons (Fsp3) is 0.333. The molecule has 0 aliphatic rings. The third-order valence-electron chi connectivity index (χ3n) is 3.74. The van der Waals surface area contributed by atoms with Crippen molar-refractivity contribution in [2.45, 2.75) is 30.8 Å². The summed E-state index contributed by atoms with van der Waals surface area (Å²) < 4.78 is 65.3. The van der Waals surface area contributed by atoms with Crippen LogP contribution in [0.1, 0.15) is 35.3 Å². The number of carbonyl (C=O) groups excluding carboxylic acids is 1. The lowest BCUT2D eigenvalue weighted by Gasteiger charge is -2.20. The van der Waals surface area contributed by atoms with E-state index in [-0.39, 0.29) is 21.8 Å². The zero-order valence-corrected chi connectivity index (χ0v) is 15.6. The molecule has 0 unspecified atom stereocenters. The van der Waals surface area contributed by atoms with Crippen LogP contribution in [0.5, 0.6) is 0 Å². The summed E-state index contributed by atoms with van der Waals surface area (Å²) in [5.41, 5.74) is -1.06. The summed E-state index contributed by atoms with van der Waals surface area (Å²) in [6, 6.07) is 5.31. The zero-order chi connectivity index (χ0) is 20.4. The van der Waals surface area contributed by atoms with Gasteiger partial charge in [-0.25, -0.2) is 13.8 Å². The number of alkyl halides is 5.